The van der Waals surface area contributed by atoms with Crippen LogP contribution in [0.4, 0.5) is 0 Å². The van der Waals surface area contributed by atoms with Crippen molar-refractivity contribution in [3.8, 4) is 0 Å². The van der Waals surface area contributed by atoms with Crippen molar-refractivity contribution >= 4 is 34.3 Å². The Morgan fingerprint density at radius 2 is 1.95 bits per heavy atom. The molecule has 22 heavy (non-hydrogen) atoms. The summed E-state index contributed by atoms with van der Waals surface area (Å²) >= 11 is 3.47. The minimum atomic E-state index is -0.262. The summed E-state index contributed by atoms with van der Waals surface area (Å²) in [5, 5.41) is 3.24. The highest BCUT2D eigenvalue weighted by atomic mass is 79.9. The molecule has 2 aromatic rings. The third-order valence-corrected chi connectivity index (χ3v) is 4.13. The van der Waals surface area contributed by atoms with Crippen molar-refractivity contribution < 1.29 is 9.53 Å². The third-order valence-electron chi connectivity index (χ3n) is 3.64. The quantitative estimate of drug-likeness (QED) is 0.824. The van der Waals surface area contributed by atoms with Crippen LogP contribution in [0.1, 0.15) is 16.7 Å². The molecule has 2 aromatic carbocycles. The number of fused-ring (bicyclic) bond motifs is 1. The number of halogens is 2. The molecule has 0 amide bonds. The van der Waals surface area contributed by atoms with Crippen LogP contribution in [0, 0.1) is 0 Å². The van der Waals surface area contributed by atoms with Crippen molar-refractivity contribution in [3.05, 3.63) is 69.7 Å². The zero-order chi connectivity index (χ0) is 14.7. The van der Waals surface area contributed by atoms with Gasteiger partial charge in [0.1, 0.15) is 12.6 Å². The first-order chi connectivity index (χ1) is 10.2. The van der Waals surface area contributed by atoms with E-state index in [-0.39, 0.29) is 24.4 Å². The molecule has 0 bridgehead atoms. The number of benzene rings is 2. The van der Waals surface area contributed by atoms with E-state index in [2.05, 4.69) is 33.4 Å². The van der Waals surface area contributed by atoms with E-state index in [1.807, 2.05) is 36.4 Å². The Labute approximate surface area is 144 Å². The molecule has 0 fully saturated rings. The summed E-state index contributed by atoms with van der Waals surface area (Å²) in [5.41, 5.74) is 3.45. The Bertz CT molecular complexity index is 648. The van der Waals surface area contributed by atoms with E-state index in [4.69, 9.17) is 4.74 Å². The summed E-state index contributed by atoms with van der Waals surface area (Å²) in [6, 6.07) is 15.6. The van der Waals surface area contributed by atoms with Gasteiger partial charge in [-0.2, -0.15) is 0 Å². The van der Waals surface area contributed by atoms with E-state index in [9.17, 15) is 4.79 Å². The molecule has 0 aromatic heterocycles. The smallest absolute Gasteiger partial charge is 0.323 e. The molecular weight excluding hydrogens is 366 g/mol. The number of carbonyl (C=O) groups excluding carboxylic acids is 1. The molecule has 3 rings (SSSR count). The highest BCUT2D eigenvalue weighted by Crippen LogP contribution is 2.21. The van der Waals surface area contributed by atoms with Gasteiger partial charge in [-0.15, -0.1) is 12.4 Å². The van der Waals surface area contributed by atoms with Gasteiger partial charge in [0.05, 0.1) is 0 Å². The van der Waals surface area contributed by atoms with Crippen molar-refractivity contribution in [2.45, 2.75) is 25.6 Å². The molecule has 1 unspecified atom stereocenters. The fourth-order valence-electron chi connectivity index (χ4n) is 2.48. The van der Waals surface area contributed by atoms with Gasteiger partial charge in [-0.3, -0.25) is 4.79 Å². The molecule has 0 saturated carbocycles. The van der Waals surface area contributed by atoms with Crippen molar-refractivity contribution in [2.24, 2.45) is 0 Å². The van der Waals surface area contributed by atoms with Crippen LogP contribution in [0.2, 0.25) is 0 Å². The van der Waals surface area contributed by atoms with E-state index < -0.39 is 0 Å². The molecule has 5 heteroatoms. The maximum absolute atomic E-state index is 12.2. The second-order valence-corrected chi connectivity index (χ2v) is 6.06. The van der Waals surface area contributed by atoms with Gasteiger partial charge in [-0.1, -0.05) is 52.3 Å². The van der Waals surface area contributed by atoms with Crippen LogP contribution in [0.15, 0.2) is 53.0 Å². The second-order valence-electron chi connectivity index (χ2n) is 5.14. The predicted molar refractivity (Wildman–Crippen MR) is 92.0 cm³/mol. The molecule has 1 aliphatic heterocycles. The Kier molecular flexibility index (Phi) is 6.00. The van der Waals surface area contributed by atoms with E-state index in [0.29, 0.717) is 19.6 Å². The number of rotatable bonds is 3. The topological polar surface area (TPSA) is 38.3 Å². The SMILES string of the molecule is Cl.O=C(OCc1ccccc1)C1Cc2ccc(Br)cc2CN1. The number of ether oxygens (including phenoxy) is 1. The first-order valence-corrected chi connectivity index (χ1v) is 7.73. The van der Waals surface area contributed by atoms with Gasteiger partial charge in [0.15, 0.2) is 0 Å². The number of hydrogen-bond donors (Lipinski definition) is 1. The summed E-state index contributed by atoms with van der Waals surface area (Å²) in [6.45, 7) is 1.02. The number of nitrogens with one attached hydrogen (secondary N) is 1. The summed E-state index contributed by atoms with van der Waals surface area (Å²) in [6.07, 6.45) is 0.677. The van der Waals surface area contributed by atoms with E-state index in [1.165, 1.54) is 11.1 Å². The lowest BCUT2D eigenvalue weighted by molar-refractivity contribution is -0.147. The summed E-state index contributed by atoms with van der Waals surface area (Å²) < 4.78 is 6.46. The Morgan fingerprint density at radius 3 is 2.73 bits per heavy atom. The fourth-order valence-corrected chi connectivity index (χ4v) is 2.89. The largest absolute Gasteiger partial charge is 0.460 e. The van der Waals surface area contributed by atoms with Gasteiger partial charge in [-0.05, 0) is 35.2 Å². The molecule has 1 aliphatic rings. The maximum Gasteiger partial charge on any atom is 0.323 e. The van der Waals surface area contributed by atoms with Gasteiger partial charge < -0.3 is 10.1 Å². The van der Waals surface area contributed by atoms with Crippen LogP contribution in [-0.2, 0) is 29.1 Å². The molecule has 116 valence electrons. The molecule has 1 N–H and O–H groups in total. The third kappa shape index (κ3) is 4.09. The minimum absolute atomic E-state index is 0. The lowest BCUT2D eigenvalue weighted by atomic mass is 9.96. The van der Waals surface area contributed by atoms with Crippen LogP contribution in [0.25, 0.3) is 0 Å². The first-order valence-electron chi connectivity index (χ1n) is 6.93. The molecule has 0 saturated heterocycles. The van der Waals surface area contributed by atoms with E-state index in [1.54, 1.807) is 0 Å². The first kappa shape index (κ1) is 17.0. The van der Waals surface area contributed by atoms with Gasteiger partial charge in [0.2, 0.25) is 0 Å². The average Bonchev–Trinajstić information content (AvgIpc) is 2.53. The standard InChI is InChI=1S/C17H16BrNO2.ClH/c18-15-7-6-13-9-16(19-10-14(13)8-15)17(20)21-11-12-4-2-1-3-5-12;/h1-8,16,19H,9-11H2;1H. The summed E-state index contributed by atoms with van der Waals surface area (Å²) in [4.78, 5) is 12.2. The minimum Gasteiger partial charge on any atom is -0.460 e. The van der Waals surface area contributed by atoms with Crippen LogP contribution < -0.4 is 5.32 Å². The lowest BCUT2D eigenvalue weighted by Crippen LogP contribution is -2.42. The summed E-state index contributed by atoms with van der Waals surface area (Å²) in [5.74, 6) is -0.188. The van der Waals surface area contributed by atoms with Crippen LogP contribution in [0.3, 0.4) is 0 Å². The molecule has 1 atom stereocenters. The van der Waals surface area contributed by atoms with Gasteiger partial charge in [-0.25, -0.2) is 0 Å². The lowest BCUT2D eigenvalue weighted by Gasteiger charge is -2.25. The molecule has 3 nitrogen and oxygen atoms in total. The maximum atomic E-state index is 12.2. The molecular formula is C17H17BrClNO2. The Balaban J connectivity index is 0.00000176. The van der Waals surface area contributed by atoms with E-state index in [0.717, 1.165) is 10.0 Å². The van der Waals surface area contributed by atoms with Crippen LogP contribution in [-0.4, -0.2) is 12.0 Å². The van der Waals surface area contributed by atoms with Crippen molar-refractivity contribution in [2.75, 3.05) is 0 Å². The zero-order valence-corrected chi connectivity index (χ0v) is 14.3. The zero-order valence-electron chi connectivity index (χ0n) is 11.9. The van der Waals surface area contributed by atoms with Gasteiger partial charge in [0, 0.05) is 11.0 Å². The molecule has 0 radical (unpaired) electrons. The number of hydrogen-bond acceptors (Lipinski definition) is 3. The van der Waals surface area contributed by atoms with Crippen LogP contribution >= 0.6 is 28.3 Å². The fraction of sp³-hybridized carbons (Fsp3) is 0.235. The molecule has 0 spiro atoms. The molecule has 1 heterocycles. The highest BCUT2D eigenvalue weighted by Gasteiger charge is 2.25. The number of carbonyl (C=O) groups is 1. The Hall–Kier alpha value is -1.36. The Morgan fingerprint density at radius 1 is 1.18 bits per heavy atom. The predicted octanol–water partition coefficient (Wildman–Crippen LogP) is 3.63. The van der Waals surface area contributed by atoms with E-state index >= 15 is 0 Å². The monoisotopic (exact) mass is 381 g/mol. The van der Waals surface area contributed by atoms with Crippen LogP contribution in [0.5, 0.6) is 0 Å². The van der Waals surface area contributed by atoms with Crippen molar-refractivity contribution in [1.29, 1.82) is 0 Å². The summed E-state index contributed by atoms with van der Waals surface area (Å²) in [7, 11) is 0. The van der Waals surface area contributed by atoms with Gasteiger partial charge >= 0.3 is 5.97 Å². The molecule has 0 aliphatic carbocycles. The second kappa shape index (κ2) is 7.77. The van der Waals surface area contributed by atoms with Crippen molar-refractivity contribution in [3.63, 3.8) is 0 Å². The van der Waals surface area contributed by atoms with Crippen molar-refractivity contribution in [1.82, 2.24) is 5.32 Å². The number of esters is 1. The normalized spacial score (nSPS) is 16.3. The average molecular weight is 383 g/mol. The highest BCUT2D eigenvalue weighted by molar-refractivity contribution is 9.10. The van der Waals surface area contributed by atoms with Gasteiger partial charge in [0.25, 0.3) is 0 Å².